The molecule has 6 aromatic rings. The van der Waals surface area contributed by atoms with Crippen LogP contribution in [0.2, 0.25) is 15.1 Å². The molecule has 3 aromatic heterocycles. The maximum Gasteiger partial charge on any atom is 0.410 e. The van der Waals surface area contributed by atoms with Gasteiger partial charge in [-0.1, -0.05) is 53.0 Å². The van der Waals surface area contributed by atoms with Gasteiger partial charge in [-0.3, -0.25) is 14.4 Å². The third-order valence-electron chi connectivity index (χ3n) is 19.6. The molecule has 6 heterocycles. The van der Waals surface area contributed by atoms with Crippen LogP contribution in [0.3, 0.4) is 0 Å². The molecule has 0 spiro atoms. The van der Waals surface area contributed by atoms with Gasteiger partial charge in [-0.2, -0.15) is 0 Å². The molecular formula is C73H93Cl3F6N6O8. The molecule has 2 amide bonds. The highest BCUT2D eigenvalue weighted by molar-refractivity contribution is 6.38. The molecule has 526 valence electrons. The van der Waals surface area contributed by atoms with E-state index < -0.39 is 29.0 Å². The lowest BCUT2D eigenvalue weighted by Gasteiger charge is -2.41. The summed E-state index contributed by atoms with van der Waals surface area (Å²) in [5.41, 5.74) is 3.49. The van der Waals surface area contributed by atoms with Crippen molar-refractivity contribution in [3.63, 3.8) is 0 Å². The fraction of sp³-hybridized carbons (Fsp3) is 0.603. The number of H-pyrrole nitrogens is 1. The van der Waals surface area contributed by atoms with Gasteiger partial charge in [0.25, 0.3) is 0 Å². The van der Waals surface area contributed by atoms with Gasteiger partial charge in [0.15, 0.2) is 17.3 Å². The number of rotatable bonds is 17. The summed E-state index contributed by atoms with van der Waals surface area (Å²) in [4.78, 5) is 68.8. The summed E-state index contributed by atoms with van der Waals surface area (Å²) in [7, 11) is 0. The molecule has 3 aliphatic heterocycles. The molecule has 6 aliphatic rings. The summed E-state index contributed by atoms with van der Waals surface area (Å²) in [5, 5.41) is 16.2. The number of aliphatic hydroxyl groups excluding tert-OH is 1. The van der Waals surface area contributed by atoms with Gasteiger partial charge in [0.05, 0.1) is 44.8 Å². The molecule has 0 unspecified atom stereocenters. The molecule has 3 aromatic carbocycles. The minimum absolute atomic E-state index is 0.0173. The van der Waals surface area contributed by atoms with E-state index in [1.807, 2.05) is 101 Å². The van der Waals surface area contributed by atoms with E-state index in [1.54, 1.807) is 28.1 Å². The number of aromatic amines is 1. The van der Waals surface area contributed by atoms with Crippen LogP contribution in [-0.2, 0) is 22.6 Å². The number of nitrogens with one attached hydrogen (secondary N) is 2. The van der Waals surface area contributed by atoms with Crippen LogP contribution in [-0.4, -0.2) is 132 Å². The molecule has 12 rings (SSSR count). The smallest absolute Gasteiger partial charge is 0.410 e. The number of Topliss-reactive ketones (excluding diaryl/α,β-unsaturated/α-hetero) is 3. The topological polar surface area (TPSA) is 168 Å². The van der Waals surface area contributed by atoms with E-state index in [0.29, 0.717) is 140 Å². The van der Waals surface area contributed by atoms with Crippen molar-refractivity contribution in [1.82, 2.24) is 29.2 Å². The highest BCUT2D eigenvalue weighted by Crippen LogP contribution is 2.42. The molecule has 96 heavy (non-hydrogen) atoms. The van der Waals surface area contributed by atoms with Crippen LogP contribution < -0.4 is 5.32 Å². The first-order valence-electron chi connectivity index (χ1n) is 34.1. The number of benzene rings is 3. The van der Waals surface area contributed by atoms with Gasteiger partial charge in [0.2, 0.25) is 17.8 Å². The van der Waals surface area contributed by atoms with Crippen LogP contribution in [0.4, 0.5) is 35.9 Å². The quantitative estimate of drug-likeness (QED) is 0.0594. The van der Waals surface area contributed by atoms with Crippen molar-refractivity contribution in [3.05, 3.63) is 105 Å². The minimum atomic E-state index is -2.56. The van der Waals surface area contributed by atoms with Gasteiger partial charge in [0, 0.05) is 147 Å². The number of ether oxygens (including phenoxy) is 2. The third-order valence-corrected chi connectivity index (χ3v) is 20.6. The largest absolute Gasteiger partial charge is 0.444 e. The van der Waals surface area contributed by atoms with Crippen LogP contribution in [0.5, 0.6) is 0 Å². The Morgan fingerprint density at radius 1 is 0.521 bits per heavy atom. The van der Waals surface area contributed by atoms with E-state index >= 15 is 0 Å². The summed E-state index contributed by atoms with van der Waals surface area (Å²) < 4.78 is 94.6. The van der Waals surface area contributed by atoms with E-state index in [2.05, 4.69) is 14.9 Å². The highest BCUT2D eigenvalue weighted by atomic mass is 35.5. The van der Waals surface area contributed by atoms with Crippen LogP contribution in [0.1, 0.15) is 207 Å². The molecule has 6 fully saturated rings. The standard InChI is InChI=1S/C26H33ClF2N2O3.C21H25ClF2N2O.C17H18ClF2NO.C9H17NO3/c1-25(2,3)34-24(33)31-14-11-18(31)15-30-16-19(23-20(27)5-4-6-21(23)30)22(32)8-7-17-9-12-26(28,29)13-10-17;22-17-2-1-3-18-20(17)16(13-26(18)12-15-8-11-25-15)19(27)5-4-14-6-9-21(23,24)10-7-14;18-13-2-1-3-14-16(13)12(10-21-14)15(22)5-4-11-6-8-17(19,20)9-7-11;1-9(2,3)13-8(12)10-5-4-7(10)6-11/h4-6,16-18H,7-15H2,1-3H3;1-3,13-15,25H,4-12H2;1-3,10-11,21H,4-9H2;7,11H,4-6H2,1-3H3/t18-;15-;;7-/m00.0/s1. The molecule has 3 N–H and O–H groups in total. The third kappa shape index (κ3) is 19.8. The average molecular weight is 1400 g/mol. The molecule has 3 atom stereocenters. The molecule has 3 aliphatic carbocycles. The molecule has 23 heteroatoms. The molecule has 0 radical (unpaired) electrons. The van der Waals surface area contributed by atoms with Crippen molar-refractivity contribution in [2.75, 3.05) is 26.2 Å². The van der Waals surface area contributed by atoms with E-state index in [0.717, 1.165) is 59.7 Å². The van der Waals surface area contributed by atoms with Crippen LogP contribution in [0, 0.1) is 17.8 Å². The fourth-order valence-electron chi connectivity index (χ4n) is 13.6. The van der Waals surface area contributed by atoms with Crippen LogP contribution in [0.25, 0.3) is 32.7 Å². The Morgan fingerprint density at radius 3 is 1.26 bits per heavy atom. The summed E-state index contributed by atoms with van der Waals surface area (Å²) in [6, 6.07) is 17.1. The Balaban J connectivity index is 0.000000157. The second-order valence-electron chi connectivity index (χ2n) is 29.2. The number of halogens is 9. The number of hydrogen-bond donors (Lipinski definition) is 3. The number of ketones is 3. The zero-order valence-electron chi connectivity index (χ0n) is 56.0. The number of amides is 2. The normalized spacial score (nSPS) is 21.1. The maximum absolute atomic E-state index is 13.4. The number of hydrogen-bond acceptors (Lipinski definition) is 9. The Hall–Kier alpha value is -5.80. The maximum atomic E-state index is 13.4. The van der Waals surface area contributed by atoms with Crippen molar-refractivity contribution in [2.24, 2.45) is 17.8 Å². The van der Waals surface area contributed by atoms with Gasteiger partial charge >= 0.3 is 12.2 Å². The highest BCUT2D eigenvalue weighted by Gasteiger charge is 2.40. The number of alkyl halides is 6. The fourth-order valence-corrected chi connectivity index (χ4v) is 14.4. The van der Waals surface area contributed by atoms with Gasteiger partial charge in [-0.25, -0.2) is 35.9 Å². The summed E-state index contributed by atoms with van der Waals surface area (Å²) in [6.07, 6.45) is 13.3. The van der Waals surface area contributed by atoms with Gasteiger partial charge in [-0.05, 0) is 179 Å². The lowest BCUT2D eigenvalue weighted by atomic mass is 9.83. The average Bonchev–Trinajstić information content (AvgIpc) is 1.62. The van der Waals surface area contributed by atoms with Crippen LogP contribution >= 0.6 is 34.8 Å². The monoisotopic (exact) mass is 1400 g/mol. The first-order valence-corrected chi connectivity index (χ1v) is 35.3. The van der Waals surface area contributed by atoms with Crippen molar-refractivity contribution in [2.45, 2.75) is 237 Å². The van der Waals surface area contributed by atoms with E-state index in [1.165, 1.54) is 0 Å². The lowest BCUT2D eigenvalue weighted by molar-refractivity contribution is -0.0469. The zero-order valence-corrected chi connectivity index (χ0v) is 58.2. The predicted molar refractivity (Wildman–Crippen MR) is 365 cm³/mol. The van der Waals surface area contributed by atoms with Gasteiger partial charge < -0.3 is 43.8 Å². The second-order valence-corrected chi connectivity index (χ2v) is 30.4. The van der Waals surface area contributed by atoms with Crippen molar-refractivity contribution in [3.8, 4) is 0 Å². The van der Waals surface area contributed by atoms with Crippen molar-refractivity contribution in [1.29, 1.82) is 0 Å². The summed E-state index contributed by atoms with van der Waals surface area (Å²) in [5.74, 6) is -6.92. The minimum Gasteiger partial charge on any atom is -0.444 e. The Morgan fingerprint density at radius 2 is 0.896 bits per heavy atom. The van der Waals surface area contributed by atoms with Gasteiger partial charge in [0.1, 0.15) is 11.2 Å². The Kier molecular flexibility index (Phi) is 24.5. The predicted octanol–water partition coefficient (Wildman–Crippen LogP) is 19.1. The van der Waals surface area contributed by atoms with Crippen LogP contribution in [0.15, 0.2) is 73.2 Å². The number of aromatic nitrogens is 3. The van der Waals surface area contributed by atoms with E-state index in [4.69, 9.17) is 49.4 Å². The number of fused-ring (bicyclic) bond motifs is 3. The summed E-state index contributed by atoms with van der Waals surface area (Å²) >= 11 is 19.1. The molecule has 3 saturated carbocycles. The number of carbonyl (C=O) groups is 5. The molecule has 0 bridgehead atoms. The molecular weight excluding hydrogens is 1310 g/mol. The number of nitrogens with zero attached hydrogens (tertiary/aromatic N) is 4. The van der Waals surface area contributed by atoms with Gasteiger partial charge in [-0.15, -0.1) is 0 Å². The molecule has 3 saturated heterocycles. The number of likely N-dealkylation sites (tertiary alicyclic amines) is 2. The Labute approximate surface area is 573 Å². The van der Waals surface area contributed by atoms with E-state index in [-0.39, 0.29) is 105 Å². The zero-order chi connectivity index (χ0) is 69.5. The van der Waals surface area contributed by atoms with E-state index in [9.17, 15) is 50.3 Å². The molecule has 14 nitrogen and oxygen atoms in total. The number of aliphatic hydroxyl groups is 1. The number of carbonyl (C=O) groups excluding carboxylic acids is 5. The van der Waals surface area contributed by atoms with Crippen molar-refractivity contribution < 1.29 is 64.9 Å². The first-order chi connectivity index (χ1) is 45.3. The Bertz CT molecular complexity index is 3670. The summed E-state index contributed by atoms with van der Waals surface area (Å²) in [6.45, 7) is 14.8. The van der Waals surface area contributed by atoms with Crippen molar-refractivity contribution >= 4 is 97.0 Å². The lowest BCUT2D eigenvalue weighted by Crippen LogP contribution is -2.54. The first kappa shape index (κ1) is 74.4. The second kappa shape index (κ2) is 31.6. The SMILES string of the molecule is CC(C)(C)OC(=O)N1CC[C@H]1CO.CC(C)(C)OC(=O)N1CC[C@H]1Cn1cc(C(=O)CCC2CCC(F)(F)CC2)c2c(Cl)cccc21.O=C(CCC1CCC(F)(F)CC1)c1c[nH]c2cccc(Cl)c12.O=C(CCC1CCC(F)(F)CC1)c1cn(C[C@@H]2CCN2)c2cccc(Cl)c12.